The molecule has 1 aliphatic carbocycles. The van der Waals surface area contributed by atoms with Crippen LogP contribution in [0.25, 0.3) is 0 Å². The molecule has 3 unspecified atom stereocenters. The number of aromatic carboxylic acids is 2. The van der Waals surface area contributed by atoms with Crippen molar-refractivity contribution in [3.63, 3.8) is 0 Å². The Bertz CT molecular complexity index is 592. The fourth-order valence-electron chi connectivity index (χ4n) is 3.52. The monoisotopic (exact) mass is 350 g/mol. The third-order valence-electron chi connectivity index (χ3n) is 4.92. The van der Waals surface area contributed by atoms with Crippen molar-refractivity contribution in [2.75, 3.05) is 6.79 Å². The molecule has 1 aliphatic rings. The molecule has 1 fully saturated rings. The standard InChI is InChI=1S/C19H26O6/c1-11(2)13-8-7-12(3)9-16(13)24-10-25-17-14(18(20)21)5-4-6-15(17)19(22)23/h4-6,11-13,16H,7-10H2,1-3H3,(H,20,21)(H,22,23). The van der Waals surface area contributed by atoms with E-state index in [1.165, 1.54) is 24.6 Å². The maximum atomic E-state index is 11.3. The van der Waals surface area contributed by atoms with Gasteiger partial charge in [0.05, 0.1) is 6.10 Å². The topological polar surface area (TPSA) is 93.1 Å². The second kappa shape index (κ2) is 8.34. The van der Waals surface area contributed by atoms with Crippen LogP contribution in [-0.4, -0.2) is 35.0 Å². The first-order chi connectivity index (χ1) is 11.8. The van der Waals surface area contributed by atoms with Gasteiger partial charge in [0.15, 0.2) is 12.5 Å². The summed E-state index contributed by atoms with van der Waals surface area (Å²) in [7, 11) is 0. The number of para-hydroxylation sites is 1. The number of carboxylic acid groups (broad SMARTS) is 2. The van der Waals surface area contributed by atoms with Crippen molar-refractivity contribution in [2.24, 2.45) is 17.8 Å². The van der Waals surface area contributed by atoms with Gasteiger partial charge in [-0.1, -0.05) is 33.3 Å². The molecule has 2 N–H and O–H groups in total. The van der Waals surface area contributed by atoms with Crippen molar-refractivity contribution in [3.05, 3.63) is 29.3 Å². The van der Waals surface area contributed by atoms with Crippen LogP contribution in [0.5, 0.6) is 5.75 Å². The minimum atomic E-state index is -1.23. The summed E-state index contributed by atoms with van der Waals surface area (Å²) < 4.78 is 11.4. The molecule has 1 aromatic carbocycles. The summed E-state index contributed by atoms with van der Waals surface area (Å²) in [4.78, 5) is 22.7. The highest BCUT2D eigenvalue weighted by Crippen LogP contribution is 2.35. The van der Waals surface area contributed by atoms with Gasteiger partial charge in [-0.05, 0) is 42.7 Å². The summed E-state index contributed by atoms with van der Waals surface area (Å²) in [6.45, 7) is 6.36. The van der Waals surface area contributed by atoms with Crippen LogP contribution < -0.4 is 4.74 Å². The Morgan fingerprint density at radius 3 is 2.28 bits per heavy atom. The molecule has 25 heavy (non-hydrogen) atoms. The molecule has 0 bridgehead atoms. The van der Waals surface area contributed by atoms with Crippen LogP contribution in [0.1, 0.15) is 60.7 Å². The fourth-order valence-corrected chi connectivity index (χ4v) is 3.52. The highest BCUT2D eigenvalue weighted by Gasteiger charge is 2.31. The van der Waals surface area contributed by atoms with Gasteiger partial charge in [-0.25, -0.2) is 9.59 Å². The number of hydrogen-bond donors (Lipinski definition) is 2. The summed E-state index contributed by atoms with van der Waals surface area (Å²) >= 11 is 0. The number of carboxylic acids is 2. The average molecular weight is 350 g/mol. The smallest absolute Gasteiger partial charge is 0.339 e. The Balaban J connectivity index is 2.10. The summed E-state index contributed by atoms with van der Waals surface area (Å²) in [6, 6.07) is 4.03. The zero-order valence-corrected chi connectivity index (χ0v) is 14.9. The van der Waals surface area contributed by atoms with Crippen LogP contribution >= 0.6 is 0 Å². The van der Waals surface area contributed by atoms with Gasteiger partial charge in [0.1, 0.15) is 11.1 Å². The van der Waals surface area contributed by atoms with Crippen molar-refractivity contribution < 1.29 is 29.3 Å². The zero-order chi connectivity index (χ0) is 18.6. The molecule has 0 saturated heterocycles. The molecule has 6 heteroatoms. The number of ether oxygens (including phenoxy) is 2. The molecule has 0 radical (unpaired) electrons. The van der Waals surface area contributed by atoms with Crippen LogP contribution in [0.3, 0.4) is 0 Å². The first-order valence-corrected chi connectivity index (χ1v) is 8.65. The number of carbonyl (C=O) groups is 2. The Morgan fingerprint density at radius 2 is 1.76 bits per heavy atom. The number of rotatable bonds is 7. The van der Waals surface area contributed by atoms with Gasteiger partial charge in [0, 0.05) is 0 Å². The minimum Gasteiger partial charge on any atom is -0.478 e. The van der Waals surface area contributed by atoms with Gasteiger partial charge in [0.2, 0.25) is 0 Å². The van der Waals surface area contributed by atoms with E-state index in [4.69, 9.17) is 9.47 Å². The summed E-state index contributed by atoms with van der Waals surface area (Å²) in [6.07, 6.45) is 3.23. The zero-order valence-electron chi connectivity index (χ0n) is 14.9. The molecular formula is C19H26O6. The van der Waals surface area contributed by atoms with Gasteiger partial charge in [-0.2, -0.15) is 0 Å². The molecular weight excluding hydrogens is 324 g/mol. The lowest BCUT2D eigenvalue weighted by atomic mass is 9.75. The van der Waals surface area contributed by atoms with E-state index in [-0.39, 0.29) is 29.8 Å². The van der Waals surface area contributed by atoms with E-state index in [9.17, 15) is 19.8 Å². The lowest BCUT2D eigenvalue weighted by molar-refractivity contribution is -0.0920. The highest BCUT2D eigenvalue weighted by molar-refractivity contribution is 5.98. The molecule has 2 rings (SSSR count). The maximum Gasteiger partial charge on any atom is 0.339 e. The van der Waals surface area contributed by atoms with E-state index >= 15 is 0 Å². The third-order valence-corrected chi connectivity index (χ3v) is 4.92. The Kier molecular flexibility index (Phi) is 6.42. The van der Waals surface area contributed by atoms with Crippen molar-refractivity contribution >= 4 is 11.9 Å². The van der Waals surface area contributed by atoms with E-state index in [1.807, 2.05) is 0 Å². The van der Waals surface area contributed by atoms with Crippen LogP contribution in [0.15, 0.2) is 18.2 Å². The largest absolute Gasteiger partial charge is 0.478 e. The van der Waals surface area contributed by atoms with E-state index in [0.717, 1.165) is 12.8 Å². The van der Waals surface area contributed by atoms with E-state index in [0.29, 0.717) is 17.8 Å². The van der Waals surface area contributed by atoms with E-state index < -0.39 is 11.9 Å². The predicted molar refractivity (Wildman–Crippen MR) is 92.1 cm³/mol. The van der Waals surface area contributed by atoms with E-state index in [1.54, 1.807) is 0 Å². The van der Waals surface area contributed by atoms with Gasteiger partial charge in [-0.3, -0.25) is 0 Å². The number of hydrogen-bond acceptors (Lipinski definition) is 4. The normalized spacial score (nSPS) is 23.4. The first-order valence-electron chi connectivity index (χ1n) is 8.65. The maximum absolute atomic E-state index is 11.3. The van der Waals surface area contributed by atoms with Gasteiger partial charge in [-0.15, -0.1) is 0 Å². The first kappa shape index (κ1) is 19.2. The van der Waals surface area contributed by atoms with Crippen molar-refractivity contribution in [1.82, 2.24) is 0 Å². The average Bonchev–Trinajstić information content (AvgIpc) is 2.54. The third kappa shape index (κ3) is 4.72. The second-order valence-corrected chi connectivity index (χ2v) is 7.09. The molecule has 0 amide bonds. The molecule has 0 aliphatic heterocycles. The summed E-state index contributed by atoms with van der Waals surface area (Å²) in [5.41, 5.74) is -0.359. The molecule has 0 heterocycles. The van der Waals surface area contributed by atoms with Crippen molar-refractivity contribution in [2.45, 2.75) is 46.1 Å². The van der Waals surface area contributed by atoms with Crippen molar-refractivity contribution in [3.8, 4) is 5.75 Å². The van der Waals surface area contributed by atoms with Crippen LogP contribution in [0, 0.1) is 17.8 Å². The van der Waals surface area contributed by atoms with Gasteiger partial charge in [0.25, 0.3) is 0 Å². The summed E-state index contributed by atoms with van der Waals surface area (Å²) in [5, 5.41) is 18.5. The molecule has 1 saturated carbocycles. The quantitative estimate of drug-likeness (QED) is 0.725. The lowest BCUT2D eigenvalue weighted by Crippen LogP contribution is -2.35. The molecule has 0 spiro atoms. The predicted octanol–water partition coefficient (Wildman–Crippen LogP) is 3.90. The van der Waals surface area contributed by atoms with Gasteiger partial charge >= 0.3 is 11.9 Å². The van der Waals surface area contributed by atoms with Crippen LogP contribution in [0.4, 0.5) is 0 Å². The Hall–Kier alpha value is -2.08. The molecule has 138 valence electrons. The fraction of sp³-hybridized carbons (Fsp3) is 0.579. The minimum absolute atomic E-state index is 0.0361. The van der Waals surface area contributed by atoms with E-state index in [2.05, 4.69) is 20.8 Å². The SMILES string of the molecule is CC1CCC(C(C)C)C(OCOc2c(C(=O)O)cccc2C(=O)O)C1. The van der Waals surface area contributed by atoms with Crippen LogP contribution in [0.2, 0.25) is 0 Å². The van der Waals surface area contributed by atoms with Crippen molar-refractivity contribution in [1.29, 1.82) is 0 Å². The summed E-state index contributed by atoms with van der Waals surface area (Å²) in [5.74, 6) is -1.14. The molecule has 0 aromatic heterocycles. The number of benzene rings is 1. The molecule has 6 nitrogen and oxygen atoms in total. The molecule has 1 aromatic rings. The lowest BCUT2D eigenvalue weighted by Gasteiger charge is -2.37. The van der Waals surface area contributed by atoms with Gasteiger partial charge < -0.3 is 19.7 Å². The second-order valence-electron chi connectivity index (χ2n) is 7.09. The van der Waals surface area contributed by atoms with Crippen LogP contribution in [-0.2, 0) is 4.74 Å². The molecule has 3 atom stereocenters. The Morgan fingerprint density at radius 1 is 1.16 bits per heavy atom. The highest BCUT2D eigenvalue weighted by atomic mass is 16.7. The Labute approximate surface area is 147 Å².